The van der Waals surface area contributed by atoms with E-state index in [0.717, 1.165) is 12.8 Å². The third-order valence-corrected chi connectivity index (χ3v) is 5.54. The van der Waals surface area contributed by atoms with E-state index in [4.69, 9.17) is 9.47 Å². The second-order valence-electron chi connectivity index (χ2n) is 7.74. The first-order valence-corrected chi connectivity index (χ1v) is 10.8. The van der Waals surface area contributed by atoms with Gasteiger partial charge in [-0.05, 0) is 25.7 Å². The lowest BCUT2D eigenvalue weighted by Crippen LogP contribution is -2.40. The first kappa shape index (κ1) is 25.5. The van der Waals surface area contributed by atoms with Crippen molar-refractivity contribution in [3.63, 3.8) is 0 Å². The Kier molecular flexibility index (Phi) is 12.7. The zero-order chi connectivity index (χ0) is 21.6. The van der Waals surface area contributed by atoms with Gasteiger partial charge >= 0.3 is 0 Å². The second-order valence-corrected chi connectivity index (χ2v) is 7.74. The molecule has 0 saturated heterocycles. The Bertz CT molecular complexity index is 557. The SMILES string of the molecule is CCCCC[C@@H](C/C=C/CCC(=O)NCC(OC)C1=CC[C@@H](O)[C@@H](C)C1=O)OC. The molecule has 0 heterocycles. The van der Waals surface area contributed by atoms with Crippen LogP contribution in [-0.4, -0.2) is 55.9 Å². The van der Waals surface area contributed by atoms with Crippen LogP contribution in [0.3, 0.4) is 0 Å². The number of aliphatic hydroxyl groups is 1. The maximum absolute atomic E-state index is 12.3. The molecule has 0 saturated carbocycles. The maximum atomic E-state index is 12.3. The van der Waals surface area contributed by atoms with Crippen LogP contribution in [0.5, 0.6) is 0 Å². The minimum atomic E-state index is -0.644. The van der Waals surface area contributed by atoms with E-state index >= 15 is 0 Å². The van der Waals surface area contributed by atoms with Crippen molar-refractivity contribution in [2.24, 2.45) is 5.92 Å². The summed E-state index contributed by atoms with van der Waals surface area (Å²) in [7, 11) is 3.27. The van der Waals surface area contributed by atoms with Gasteiger partial charge < -0.3 is 19.9 Å². The van der Waals surface area contributed by atoms with Gasteiger partial charge in [0, 0.05) is 38.7 Å². The molecule has 1 rings (SSSR count). The first-order chi connectivity index (χ1) is 13.9. The normalized spacial score (nSPS) is 21.8. The third-order valence-electron chi connectivity index (χ3n) is 5.54. The number of carbonyl (C=O) groups is 2. The molecular formula is C23H39NO5. The Labute approximate surface area is 175 Å². The number of amides is 1. The minimum Gasteiger partial charge on any atom is -0.392 e. The molecule has 1 unspecified atom stereocenters. The maximum Gasteiger partial charge on any atom is 0.220 e. The summed E-state index contributed by atoms with van der Waals surface area (Å²) in [6.45, 7) is 4.16. The number of ketones is 1. The highest BCUT2D eigenvalue weighted by Gasteiger charge is 2.32. The van der Waals surface area contributed by atoms with Gasteiger partial charge in [-0.3, -0.25) is 9.59 Å². The van der Waals surface area contributed by atoms with Gasteiger partial charge in [-0.25, -0.2) is 0 Å². The van der Waals surface area contributed by atoms with Crippen LogP contribution >= 0.6 is 0 Å². The van der Waals surface area contributed by atoms with E-state index in [-0.39, 0.29) is 24.3 Å². The van der Waals surface area contributed by atoms with Gasteiger partial charge in [-0.1, -0.05) is 51.3 Å². The van der Waals surface area contributed by atoms with E-state index in [1.807, 2.05) is 6.08 Å². The van der Waals surface area contributed by atoms with Crippen molar-refractivity contribution < 1.29 is 24.2 Å². The standard InChI is InChI=1S/C23H39NO5/c1-5-6-8-11-18(28-3)12-9-7-10-13-22(26)24-16-21(29-4)19-14-15-20(25)17(2)23(19)27/h7,9,14,17-18,20-21,25H,5-6,8,10-13,15-16H2,1-4H3,(H,24,26)/b9-7+/t17-,18+,20-,21?/m1/s1. The number of carbonyl (C=O) groups excluding carboxylic acids is 2. The van der Waals surface area contributed by atoms with Crippen molar-refractivity contribution in [1.29, 1.82) is 0 Å². The smallest absolute Gasteiger partial charge is 0.220 e. The van der Waals surface area contributed by atoms with E-state index in [2.05, 4.69) is 18.3 Å². The third kappa shape index (κ3) is 9.24. The molecule has 166 valence electrons. The van der Waals surface area contributed by atoms with Gasteiger partial charge in [-0.2, -0.15) is 0 Å². The number of aliphatic hydroxyl groups excluding tert-OH is 1. The molecule has 29 heavy (non-hydrogen) atoms. The summed E-state index contributed by atoms with van der Waals surface area (Å²) in [4.78, 5) is 24.4. The Morgan fingerprint density at radius 1 is 1.31 bits per heavy atom. The van der Waals surface area contributed by atoms with Crippen LogP contribution in [0.4, 0.5) is 0 Å². The van der Waals surface area contributed by atoms with Crippen LogP contribution < -0.4 is 5.32 Å². The van der Waals surface area contributed by atoms with Crippen LogP contribution in [0.2, 0.25) is 0 Å². The quantitative estimate of drug-likeness (QED) is 0.340. The van der Waals surface area contributed by atoms with Crippen LogP contribution in [0.1, 0.15) is 65.2 Å². The lowest BCUT2D eigenvalue weighted by Gasteiger charge is -2.27. The summed E-state index contributed by atoms with van der Waals surface area (Å²) in [5.41, 5.74) is 0.541. The molecule has 0 aromatic heterocycles. The topological polar surface area (TPSA) is 84.9 Å². The summed E-state index contributed by atoms with van der Waals surface area (Å²) in [5, 5.41) is 12.6. The molecule has 0 aromatic carbocycles. The number of ether oxygens (including phenoxy) is 2. The zero-order valence-corrected chi connectivity index (χ0v) is 18.5. The Balaban J connectivity index is 2.32. The molecule has 4 atom stereocenters. The number of nitrogens with one attached hydrogen (secondary N) is 1. The highest BCUT2D eigenvalue weighted by molar-refractivity contribution is 5.99. The molecule has 1 aliphatic carbocycles. The van der Waals surface area contributed by atoms with Gasteiger partial charge in [0.05, 0.1) is 12.2 Å². The molecule has 0 bridgehead atoms. The number of rotatable bonds is 14. The van der Waals surface area contributed by atoms with Crippen LogP contribution in [0, 0.1) is 5.92 Å². The Morgan fingerprint density at radius 3 is 2.72 bits per heavy atom. The number of hydrogen-bond donors (Lipinski definition) is 2. The molecule has 0 fully saturated rings. The fraction of sp³-hybridized carbons (Fsp3) is 0.739. The van der Waals surface area contributed by atoms with Crippen LogP contribution in [0.15, 0.2) is 23.8 Å². The van der Waals surface area contributed by atoms with E-state index in [0.29, 0.717) is 24.8 Å². The lowest BCUT2D eigenvalue weighted by atomic mass is 9.84. The fourth-order valence-corrected chi connectivity index (χ4v) is 3.43. The van der Waals surface area contributed by atoms with E-state index in [1.54, 1.807) is 20.1 Å². The summed E-state index contributed by atoms with van der Waals surface area (Å²) in [5.74, 6) is -0.620. The van der Waals surface area contributed by atoms with Crippen molar-refractivity contribution in [3.8, 4) is 0 Å². The van der Waals surface area contributed by atoms with Crippen molar-refractivity contribution in [1.82, 2.24) is 5.32 Å². The number of hydrogen-bond acceptors (Lipinski definition) is 5. The number of Topliss-reactive ketones (excluding diaryl/α,β-unsaturated/α-hetero) is 1. The number of unbranched alkanes of at least 4 members (excludes halogenated alkanes) is 2. The predicted octanol–water partition coefficient (Wildman–Crippen LogP) is 3.34. The van der Waals surface area contributed by atoms with Crippen molar-refractivity contribution in [2.45, 2.75) is 83.5 Å². The summed E-state index contributed by atoms with van der Waals surface area (Å²) < 4.78 is 10.9. The fourth-order valence-electron chi connectivity index (χ4n) is 3.43. The summed E-state index contributed by atoms with van der Waals surface area (Å²) in [6.07, 6.45) is 12.0. The van der Waals surface area contributed by atoms with Crippen molar-refractivity contribution >= 4 is 11.7 Å². The summed E-state index contributed by atoms with van der Waals surface area (Å²) >= 11 is 0. The number of allylic oxidation sites excluding steroid dienone is 1. The molecule has 0 radical (unpaired) electrons. The van der Waals surface area contributed by atoms with Crippen molar-refractivity contribution in [2.75, 3.05) is 20.8 Å². The molecule has 6 nitrogen and oxygen atoms in total. The lowest BCUT2D eigenvalue weighted by molar-refractivity contribution is -0.125. The van der Waals surface area contributed by atoms with Gasteiger partial charge in [0.25, 0.3) is 0 Å². The van der Waals surface area contributed by atoms with E-state index < -0.39 is 18.1 Å². The monoisotopic (exact) mass is 409 g/mol. The van der Waals surface area contributed by atoms with Gasteiger partial charge in [-0.15, -0.1) is 0 Å². The van der Waals surface area contributed by atoms with E-state index in [1.165, 1.54) is 26.4 Å². The molecule has 1 amide bonds. The highest BCUT2D eigenvalue weighted by Crippen LogP contribution is 2.24. The highest BCUT2D eigenvalue weighted by atomic mass is 16.5. The Hall–Kier alpha value is -1.50. The summed E-state index contributed by atoms with van der Waals surface area (Å²) in [6, 6.07) is 0. The van der Waals surface area contributed by atoms with Gasteiger partial charge in [0.1, 0.15) is 6.10 Å². The largest absolute Gasteiger partial charge is 0.392 e. The van der Waals surface area contributed by atoms with Gasteiger partial charge in [0.2, 0.25) is 5.91 Å². The van der Waals surface area contributed by atoms with Crippen LogP contribution in [-0.2, 0) is 19.1 Å². The predicted molar refractivity (Wildman–Crippen MR) is 115 cm³/mol. The molecule has 6 heteroatoms. The van der Waals surface area contributed by atoms with Crippen molar-refractivity contribution in [3.05, 3.63) is 23.8 Å². The van der Waals surface area contributed by atoms with Crippen LogP contribution in [0.25, 0.3) is 0 Å². The van der Waals surface area contributed by atoms with Gasteiger partial charge in [0.15, 0.2) is 5.78 Å². The molecule has 2 N–H and O–H groups in total. The zero-order valence-electron chi connectivity index (χ0n) is 18.5. The molecule has 0 aliphatic heterocycles. The molecule has 1 aliphatic rings. The minimum absolute atomic E-state index is 0.0696. The number of methoxy groups -OCH3 is 2. The average Bonchev–Trinajstić information content (AvgIpc) is 2.72. The second kappa shape index (κ2) is 14.5. The molecule has 0 aromatic rings. The first-order valence-electron chi connectivity index (χ1n) is 10.8. The molecular weight excluding hydrogens is 370 g/mol. The molecule has 0 spiro atoms. The van der Waals surface area contributed by atoms with E-state index in [9.17, 15) is 14.7 Å². The Morgan fingerprint density at radius 2 is 2.07 bits per heavy atom. The average molecular weight is 410 g/mol.